The monoisotopic (exact) mass is 483 g/mol. The third-order valence-corrected chi connectivity index (χ3v) is 5.78. The molecule has 0 radical (unpaired) electrons. The quantitative estimate of drug-likeness (QED) is 0.241. The summed E-state index contributed by atoms with van der Waals surface area (Å²) in [5.41, 5.74) is 5.54. The van der Waals surface area contributed by atoms with Crippen LogP contribution in [-0.2, 0) is 6.42 Å². The number of nitrogens with zero attached hydrogens (tertiary/aromatic N) is 1. The van der Waals surface area contributed by atoms with Gasteiger partial charge in [0.05, 0.1) is 11.4 Å². The summed E-state index contributed by atoms with van der Waals surface area (Å²) in [6, 6.07) is 31.7. The van der Waals surface area contributed by atoms with E-state index < -0.39 is 0 Å². The summed E-state index contributed by atoms with van der Waals surface area (Å²) >= 11 is 6.43. The highest BCUT2D eigenvalue weighted by atomic mass is 35.5. The fourth-order valence-corrected chi connectivity index (χ4v) is 3.96. The van der Waals surface area contributed by atoms with Crippen LogP contribution in [0.1, 0.15) is 11.1 Å². The maximum absolute atomic E-state index is 13.1. The Bertz CT molecular complexity index is 1320. The molecule has 35 heavy (non-hydrogen) atoms. The molecule has 2 nitrogen and oxygen atoms in total. The Hall–Kier alpha value is -4.02. The van der Waals surface area contributed by atoms with E-state index in [9.17, 15) is 8.78 Å². The lowest BCUT2D eigenvalue weighted by molar-refractivity contribution is 0.480. The number of hydrogen-bond acceptors (Lipinski definition) is 2. The molecule has 0 saturated carbocycles. The van der Waals surface area contributed by atoms with Crippen molar-refractivity contribution < 1.29 is 13.5 Å². The minimum Gasteiger partial charge on any atom is -0.457 e. The van der Waals surface area contributed by atoms with Crippen LogP contribution in [0.15, 0.2) is 109 Å². The number of halogens is 3. The Morgan fingerprint density at radius 3 is 1.49 bits per heavy atom. The molecule has 5 heteroatoms. The van der Waals surface area contributed by atoms with Gasteiger partial charge in [-0.05, 0) is 90.3 Å². The topological polar surface area (TPSA) is 22.1 Å². The Morgan fingerprint density at radius 1 is 0.571 bits per heavy atom. The molecule has 0 unspecified atom stereocenters. The second kappa shape index (κ2) is 10.1. The first-order valence-electron chi connectivity index (χ1n) is 11.1. The lowest BCUT2D eigenvalue weighted by atomic mass is 10.0. The Morgan fingerprint density at radius 2 is 0.971 bits per heavy atom. The van der Waals surface area contributed by atoms with Crippen LogP contribution in [0.2, 0.25) is 5.02 Å². The van der Waals surface area contributed by atoms with Gasteiger partial charge in [-0.1, -0.05) is 48.0 Å². The van der Waals surface area contributed by atoms with Crippen LogP contribution in [0, 0.1) is 11.6 Å². The maximum atomic E-state index is 13.1. The fourth-order valence-electron chi connectivity index (χ4n) is 3.76. The van der Waals surface area contributed by atoms with Crippen LogP contribution in [0.25, 0.3) is 22.5 Å². The molecule has 1 aromatic heterocycles. The minimum absolute atomic E-state index is 0.234. The summed E-state index contributed by atoms with van der Waals surface area (Å²) in [7, 11) is 0. The van der Waals surface area contributed by atoms with Crippen LogP contribution in [0.4, 0.5) is 8.78 Å². The number of pyridine rings is 1. The van der Waals surface area contributed by atoms with E-state index in [1.807, 2.05) is 60.7 Å². The molecule has 172 valence electrons. The highest BCUT2D eigenvalue weighted by molar-refractivity contribution is 6.31. The van der Waals surface area contributed by atoms with Crippen molar-refractivity contribution in [1.82, 2.24) is 4.98 Å². The number of benzene rings is 4. The van der Waals surface area contributed by atoms with E-state index in [0.29, 0.717) is 16.5 Å². The first-order chi connectivity index (χ1) is 17.0. The summed E-state index contributed by atoms with van der Waals surface area (Å²) in [5, 5.41) is 0.590. The summed E-state index contributed by atoms with van der Waals surface area (Å²) in [5.74, 6) is 0.657. The largest absolute Gasteiger partial charge is 0.457 e. The molecule has 0 aliphatic heterocycles. The summed E-state index contributed by atoms with van der Waals surface area (Å²) < 4.78 is 32.0. The third kappa shape index (κ3) is 5.73. The van der Waals surface area contributed by atoms with Crippen LogP contribution < -0.4 is 4.74 Å². The predicted octanol–water partition coefficient (Wildman–Crippen LogP) is 8.73. The van der Waals surface area contributed by atoms with Crippen molar-refractivity contribution in [2.24, 2.45) is 0 Å². The summed E-state index contributed by atoms with van der Waals surface area (Å²) in [6.45, 7) is 0. The van der Waals surface area contributed by atoms with Gasteiger partial charge in [-0.25, -0.2) is 13.8 Å². The highest BCUT2D eigenvalue weighted by Gasteiger charge is 2.08. The second-order valence-electron chi connectivity index (χ2n) is 8.14. The van der Waals surface area contributed by atoms with Crippen molar-refractivity contribution >= 4 is 11.6 Å². The molecule has 0 atom stereocenters. The predicted molar refractivity (Wildman–Crippen MR) is 136 cm³/mol. The molecule has 5 rings (SSSR count). The van der Waals surface area contributed by atoms with Gasteiger partial charge in [0, 0.05) is 16.1 Å². The highest BCUT2D eigenvalue weighted by Crippen LogP contribution is 2.30. The van der Waals surface area contributed by atoms with Crippen molar-refractivity contribution in [3.63, 3.8) is 0 Å². The number of rotatable bonds is 6. The van der Waals surface area contributed by atoms with Crippen molar-refractivity contribution in [3.05, 3.63) is 137 Å². The van der Waals surface area contributed by atoms with E-state index >= 15 is 0 Å². The van der Waals surface area contributed by atoms with Crippen molar-refractivity contribution in [1.29, 1.82) is 0 Å². The molecule has 4 aromatic carbocycles. The van der Waals surface area contributed by atoms with E-state index in [0.717, 1.165) is 40.1 Å². The molecule has 1 heterocycles. The second-order valence-corrected chi connectivity index (χ2v) is 8.57. The first-order valence-corrected chi connectivity index (χ1v) is 11.4. The lowest BCUT2D eigenvalue weighted by Crippen LogP contribution is -1.91. The minimum atomic E-state index is -0.307. The number of aromatic nitrogens is 1. The third-order valence-electron chi connectivity index (χ3n) is 5.56. The van der Waals surface area contributed by atoms with Gasteiger partial charge in [0.15, 0.2) is 0 Å². The van der Waals surface area contributed by atoms with E-state index in [2.05, 4.69) is 0 Å². The molecule has 0 aliphatic carbocycles. The zero-order valence-corrected chi connectivity index (χ0v) is 19.3. The molecule has 0 bridgehead atoms. The van der Waals surface area contributed by atoms with E-state index in [1.165, 1.54) is 24.3 Å². The van der Waals surface area contributed by atoms with Crippen LogP contribution in [0.5, 0.6) is 11.5 Å². The molecule has 0 spiro atoms. The smallest absolute Gasteiger partial charge is 0.127 e. The van der Waals surface area contributed by atoms with Gasteiger partial charge in [-0.3, -0.25) is 0 Å². The van der Waals surface area contributed by atoms with Crippen LogP contribution in [0.3, 0.4) is 0 Å². The van der Waals surface area contributed by atoms with Crippen LogP contribution in [-0.4, -0.2) is 4.98 Å². The van der Waals surface area contributed by atoms with E-state index in [1.54, 1.807) is 24.3 Å². The van der Waals surface area contributed by atoms with Crippen molar-refractivity contribution in [3.8, 4) is 34.0 Å². The van der Waals surface area contributed by atoms with Gasteiger partial charge in [-0.15, -0.1) is 0 Å². The summed E-state index contributed by atoms with van der Waals surface area (Å²) in [6.07, 6.45) is 0.723. The molecule has 0 saturated heterocycles. The normalized spacial score (nSPS) is 10.8. The van der Waals surface area contributed by atoms with Gasteiger partial charge >= 0.3 is 0 Å². The standard InChI is InChI=1S/C30H20ClF2NO/c31-24-18-29(22-5-1-20(2-6-22)17-21-3-9-25(32)10-4-21)34-30(19-24)23-7-13-27(14-8-23)35-28-15-11-26(33)12-16-28/h1-16,18-19H,17H2. The van der Waals surface area contributed by atoms with Gasteiger partial charge in [0.2, 0.25) is 0 Å². The number of hydrogen-bond donors (Lipinski definition) is 0. The van der Waals surface area contributed by atoms with E-state index in [4.69, 9.17) is 21.3 Å². The molecule has 5 aromatic rings. The van der Waals surface area contributed by atoms with Gasteiger partial charge in [0.25, 0.3) is 0 Å². The van der Waals surface area contributed by atoms with Crippen LogP contribution >= 0.6 is 11.6 Å². The van der Waals surface area contributed by atoms with Gasteiger partial charge < -0.3 is 4.74 Å². The first kappa shape index (κ1) is 22.8. The SMILES string of the molecule is Fc1ccc(Cc2ccc(-c3cc(Cl)cc(-c4ccc(Oc5ccc(F)cc5)cc4)n3)cc2)cc1. The molecular weight excluding hydrogens is 464 g/mol. The lowest BCUT2D eigenvalue weighted by Gasteiger charge is -2.09. The van der Waals surface area contributed by atoms with E-state index in [-0.39, 0.29) is 11.6 Å². The Labute approximate surface area is 207 Å². The summed E-state index contributed by atoms with van der Waals surface area (Å²) in [4.78, 5) is 4.81. The maximum Gasteiger partial charge on any atom is 0.127 e. The fraction of sp³-hybridized carbons (Fsp3) is 0.0333. The Balaban J connectivity index is 1.33. The van der Waals surface area contributed by atoms with Gasteiger partial charge in [-0.2, -0.15) is 0 Å². The van der Waals surface area contributed by atoms with Crippen molar-refractivity contribution in [2.75, 3.05) is 0 Å². The molecule has 0 amide bonds. The van der Waals surface area contributed by atoms with Gasteiger partial charge in [0.1, 0.15) is 23.1 Å². The molecule has 0 N–H and O–H groups in total. The Kier molecular flexibility index (Phi) is 6.55. The molecule has 0 aliphatic rings. The number of ether oxygens (including phenoxy) is 1. The van der Waals surface area contributed by atoms with Crippen molar-refractivity contribution in [2.45, 2.75) is 6.42 Å². The zero-order chi connectivity index (χ0) is 24.2. The average Bonchev–Trinajstić information content (AvgIpc) is 2.87. The zero-order valence-electron chi connectivity index (χ0n) is 18.6. The average molecular weight is 484 g/mol. The molecule has 0 fully saturated rings. The molecular formula is C30H20ClF2NO.